The summed E-state index contributed by atoms with van der Waals surface area (Å²) in [5.74, 6) is -1.65. The molecule has 2 N–H and O–H groups in total. The molecule has 1 aromatic carbocycles. The highest BCUT2D eigenvalue weighted by Crippen LogP contribution is 2.23. The van der Waals surface area contributed by atoms with Crippen LogP contribution in [0.1, 0.15) is 45.7 Å². The summed E-state index contributed by atoms with van der Waals surface area (Å²) in [6, 6.07) is 3.87. The third kappa shape index (κ3) is 5.25. The van der Waals surface area contributed by atoms with Gasteiger partial charge in [-0.1, -0.05) is 19.9 Å². The summed E-state index contributed by atoms with van der Waals surface area (Å²) in [6.45, 7) is 8.49. The van der Waals surface area contributed by atoms with Crippen LogP contribution in [0.3, 0.4) is 0 Å². The molecule has 2 atom stereocenters. The van der Waals surface area contributed by atoms with Crippen molar-refractivity contribution in [1.29, 1.82) is 0 Å². The Balaban J connectivity index is 2.59. The van der Waals surface area contributed by atoms with Gasteiger partial charge in [-0.15, -0.1) is 0 Å². The first-order chi connectivity index (χ1) is 8.71. The van der Waals surface area contributed by atoms with E-state index in [0.29, 0.717) is 18.5 Å². The molecule has 4 heteroatoms. The molecule has 2 unspecified atom stereocenters. The van der Waals surface area contributed by atoms with Gasteiger partial charge in [0, 0.05) is 12.6 Å². The van der Waals surface area contributed by atoms with E-state index in [-0.39, 0.29) is 17.6 Å². The molecule has 0 aromatic heterocycles. The maximum absolute atomic E-state index is 13.1. The molecule has 0 heterocycles. The third-order valence-corrected chi connectivity index (χ3v) is 3.18. The predicted octanol–water partition coefficient (Wildman–Crippen LogP) is 3.41. The van der Waals surface area contributed by atoms with Crippen LogP contribution in [0, 0.1) is 17.0 Å². The van der Waals surface area contributed by atoms with Gasteiger partial charge in [0.05, 0.1) is 6.10 Å². The van der Waals surface area contributed by atoms with Crippen molar-refractivity contribution >= 4 is 0 Å². The van der Waals surface area contributed by atoms with Crippen LogP contribution in [0.25, 0.3) is 0 Å². The van der Waals surface area contributed by atoms with Gasteiger partial charge in [0.25, 0.3) is 0 Å². The average Bonchev–Trinajstić information content (AvgIpc) is 2.28. The smallest absolute Gasteiger partial charge is 0.159 e. The van der Waals surface area contributed by atoms with E-state index in [4.69, 9.17) is 0 Å². The van der Waals surface area contributed by atoms with Crippen molar-refractivity contribution in [2.75, 3.05) is 6.54 Å². The molecule has 108 valence electrons. The fourth-order valence-corrected chi connectivity index (χ4v) is 2.20. The summed E-state index contributed by atoms with van der Waals surface area (Å²) in [5.41, 5.74) is 0.660. The van der Waals surface area contributed by atoms with E-state index in [1.807, 2.05) is 6.92 Å². The molecule has 0 amide bonds. The minimum Gasteiger partial charge on any atom is -0.393 e. The summed E-state index contributed by atoms with van der Waals surface area (Å²) in [5, 5.41) is 12.7. The second-order valence-electron chi connectivity index (χ2n) is 5.99. The molecule has 0 aliphatic heterocycles. The molecular formula is C15H23F2NO. The van der Waals surface area contributed by atoms with Gasteiger partial charge in [0.15, 0.2) is 11.6 Å². The van der Waals surface area contributed by atoms with Crippen molar-refractivity contribution in [3.8, 4) is 0 Å². The highest BCUT2D eigenvalue weighted by molar-refractivity contribution is 5.20. The van der Waals surface area contributed by atoms with Crippen molar-refractivity contribution in [3.05, 3.63) is 35.4 Å². The van der Waals surface area contributed by atoms with Crippen molar-refractivity contribution in [3.63, 3.8) is 0 Å². The fraction of sp³-hybridized carbons (Fsp3) is 0.600. The van der Waals surface area contributed by atoms with Crippen molar-refractivity contribution in [1.82, 2.24) is 5.32 Å². The van der Waals surface area contributed by atoms with Crippen molar-refractivity contribution in [2.24, 2.45) is 5.41 Å². The number of hydrogen-bond donors (Lipinski definition) is 2. The second kappa shape index (κ2) is 6.44. The van der Waals surface area contributed by atoms with Crippen LogP contribution in [0.15, 0.2) is 18.2 Å². The SMILES string of the molecule is CC(O)CC(C)(C)CNC(C)c1ccc(F)c(F)c1. The van der Waals surface area contributed by atoms with Crippen LogP contribution < -0.4 is 5.32 Å². The van der Waals surface area contributed by atoms with E-state index in [9.17, 15) is 13.9 Å². The van der Waals surface area contributed by atoms with Crippen molar-refractivity contribution in [2.45, 2.75) is 46.3 Å². The standard InChI is InChI=1S/C15H23F2NO/c1-10(19)8-15(3,4)9-18-11(2)12-5-6-13(16)14(17)7-12/h5-7,10-11,18-19H,8-9H2,1-4H3. The predicted molar refractivity (Wildman–Crippen MR) is 72.9 cm³/mol. The number of aliphatic hydroxyl groups excluding tert-OH is 1. The normalized spacial score (nSPS) is 15.3. The van der Waals surface area contributed by atoms with Gasteiger partial charge in [0.1, 0.15) is 0 Å². The van der Waals surface area contributed by atoms with Crippen LogP contribution in [-0.4, -0.2) is 17.8 Å². The van der Waals surface area contributed by atoms with E-state index < -0.39 is 11.6 Å². The van der Waals surface area contributed by atoms with Crippen LogP contribution in [0.2, 0.25) is 0 Å². The molecule has 0 spiro atoms. The Hall–Kier alpha value is -1.00. The molecular weight excluding hydrogens is 248 g/mol. The summed E-state index contributed by atoms with van der Waals surface area (Å²) < 4.78 is 26.0. The van der Waals surface area contributed by atoms with Crippen molar-refractivity contribution < 1.29 is 13.9 Å². The van der Waals surface area contributed by atoms with E-state index in [1.165, 1.54) is 6.07 Å². The maximum Gasteiger partial charge on any atom is 0.159 e. The zero-order valence-electron chi connectivity index (χ0n) is 12.0. The maximum atomic E-state index is 13.1. The number of nitrogens with one attached hydrogen (secondary N) is 1. The summed E-state index contributed by atoms with van der Waals surface area (Å²) in [4.78, 5) is 0. The first kappa shape index (κ1) is 16.1. The van der Waals surface area contributed by atoms with E-state index in [0.717, 1.165) is 6.07 Å². The number of aliphatic hydroxyl groups is 1. The Morgan fingerprint density at radius 3 is 2.37 bits per heavy atom. The Labute approximate surface area is 113 Å². The van der Waals surface area contributed by atoms with Gasteiger partial charge in [-0.25, -0.2) is 8.78 Å². The lowest BCUT2D eigenvalue weighted by Crippen LogP contribution is -2.33. The Morgan fingerprint density at radius 1 is 1.21 bits per heavy atom. The van der Waals surface area contributed by atoms with E-state index in [1.54, 1.807) is 13.0 Å². The van der Waals surface area contributed by atoms with Gasteiger partial charge in [-0.3, -0.25) is 0 Å². The third-order valence-electron chi connectivity index (χ3n) is 3.18. The number of benzene rings is 1. The zero-order chi connectivity index (χ0) is 14.6. The lowest BCUT2D eigenvalue weighted by molar-refractivity contribution is 0.127. The lowest BCUT2D eigenvalue weighted by atomic mass is 9.86. The topological polar surface area (TPSA) is 32.3 Å². The number of hydrogen-bond acceptors (Lipinski definition) is 2. The highest BCUT2D eigenvalue weighted by atomic mass is 19.2. The Kier molecular flexibility index (Phi) is 5.44. The number of rotatable bonds is 6. The highest BCUT2D eigenvalue weighted by Gasteiger charge is 2.21. The lowest BCUT2D eigenvalue weighted by Gasteiger charge is -2.28. The first-order valence-electron chi connectivity index (χ1n) is 6.58. The molecule has 0 saturated heterocycles. The van der Waals surface area contributed by atoms with Gasteiger partial charge in [0.2, 0.25) is 0 Å². The molecule has 0 radical (unpaired) electrons. The van der Waals surface area contributed by atoms with Gasteiger partial charge < -0.3 is 10.4 Å². The van der Waals surface area contributed by atoms with Crippen LogP contribution in [-0.2, 0) is 0 Å². The van der Waals surface area contributed by atoms with Crippen LogP contribution in [0.4, 0.5) is 8.78 Å². The molecule has 0 bridgehead atoms. The molecule has 19 heavy (non-hydrogen) atoms. The Bertz CT molecular complexity index is 419. The molecule has 0 saturated carbocycles. The molecule has 2 nitrogen and oxygen atoms in total. The monoisotopic (exact) mass is 271 g/mol. The van der Waals surface area contributed by atoms with E-state index >= 15 is 0 Å². The van der Waals surface area contributed by atoms with E-state index in [2.05, 4.69) is 19.2 Å². The second-order valence-corrected chi connectivity index (χ2v) is 5.99. The molecule has 0 aliphatic carbocycles. The molecule has 0 aliphatic rings. The van der Waals surface area contributed by atoms with Gasteiger partial charge in [-0.2, -0.15) is 0 Å². The van der Waals surface area contributed by atoms with Gasteiger partial charge >= 0.3 is 0 Å². The van der Waals surface area contributed by atoms with Crippen LogP contribution >= 0.6 is 0 Å². The van der Waals surface area contributed by atoms with Crippen LogP contribution in [0.5, 0.6) is 0 Å². The summed E-state index contributed by atoms with van der Waals surface area (Å²) in [6.07, 6.45) is 0.334. The minimum atomic E-state index is -0.828. The molecule has 1 rings (SSSR count). The summed E-state index contributed by atoms with van der Waals surface area (Å²) >= 11 is 0. The fourth-order valence-electron chi connectivity index (χ4n) is 2.20. The zero-order valence-corrected chi connectivity index (χ0v) is 12.0. The minimum absolute atomic E-state index is 0.0546. The summed E-state index contributed by atoms with van der Waals surface area (Å²) in [7, 11) is 0. The molecule has 0 fully saturated rings. The largest absolute Gasteiger partial charge is 0.393 e. The average molecular weight is 271 g/mol. The first-order valence-corrected chi connectivity index (χ1v) is 6.58. The van der Waals surface area contributed by atoms with Gasteiger partial charge in [-0.05, 0) is 43.4 Å². The Morgan fingerprint density at radius 2 is 1.84 bits per heavy atom. The number of halogens is 2. The quantitative estimate of drug-likeness (QED) is 0.831. The molecule has 1 aromatic rings.